The van der Waals surface area contributed by atoms with Crippen LogP contribution in [-0.2, 0) is 0 Å². The van der Waals surface area contributed by atoms with E-state index in [9.17, 15) is 20.0 Å². The van der Waals surface area contributed by atoms with Crippen LogP contribution in [0.4, 0.5) is 5.00 Å². The van der Waals surface area contributed by atoms with E-state index in [0.29, 0.717) is 17.7 Å². The molecule has 1 amide bonds. The maximum Gasteiger partial charge on any atom is 0.324 e. The van der Waals surface area contributed by atoms with Crippen molar-refractivity contribution in [1.29, 1.82) is 0 Å². The zero-order chi connectivity index (χ0) is 13.1. The first kappa shape index (κ1) is 13.0. The van der Waals surface area contributed by atoms with Crippen molar-refractivity contribution in [2.45, 2.75) is 37.8 Å². The Morgan fingerprint density at radius 1 is 1.39 bits per heavy atom. The van der Waals surface area contributed by atoms with Crippen LogP contribution in [0.2, 0.25) is 0 Å². The van der Waals surface area contributed by atoms with E-state index < -0.39 is 4.92 Å². The highest BCUT2D eigenvalue weighted by molar-refractivity contribution is 7.17. The molecule has 2 rings (SSSR count). The van der Waals surface area contributed by atoms with Crippen molar-refractivity contribution in [3.8, 4) is 0 Å². The van der Waals surface area contributed by atoms with E-state index in [1.54, 1.807) is 0 Å². The number of hydrogen-bond acceptors (Lipinski definition) is 5. The first-order valence-corrected chi connectivity index (χ1v) is 6.61. The molecule has 0 aliphatic heterocycles. The summed E-state index contributed by atoms with van der Waals surface area (Å²) in [6.07, 6.45) is 2.62. The van der Waals surface area contributed by atoms with E-state index in [2.05, 4.69) is 5.32 Å². The van der Waals surface area contributed by atoms with Crippen molar-refractivity contribution in [2.24, 2.45) is 0 Å². The predicted molar refractivity (Wildman–Crippen MR) is 66.7 cm³/mol. The number of aliphatic hydroxyl groups is 1. The van der Waals surface area contributed by atoms with Crippen molar-refractivity contribution in [3.05, 3.63) is 27.1 Å². The molecule has 1 aromatic rings. The van der Waals surface area contributed by atoms with Gasteiger partial charge in [0.25, 0.3) is 5.91 Å². The highest BCUT2D eigenvalue weighted by Gasteiger charge is 2.22. The van der Waals surface area contributed by atoms with Crippen molar-refractivity contribution in [1.82, 2.24) is 5.32 Å². The number of nitrogens with one attached hydrogen (secondary N) is 1. The van der Waals surface area contributed by atoms with Crippen LogP contribution in [0.15, 0.2) is 12.1 Å². The molecule has 0 saturated heterocycles. The lowest BCUT2D eigenvalue weighted by Gasteiger charge is -2.25. The van der Waals surface area contributed by atoms with E-state index in [-0.39, 0.29) is 23.1 Å². The standard InChI is InChI=1S/C11H14N2O4S/c14-8-3-1-7(2-4-8)12-11(15)9-5-6-10(18-9)13(16)17/h5-8,14H,1-4H2,(H,12,15). The maximum atomic E-state index is 11.8. The number of hydrogen-bond donors (Lipinski definition) is 2. The average molecular weight is 270 g/mol. The third-order valence-corrected chi connectivity index (χ3v) is 4.06. The van der Waals surface area contributed by atoms with Crippen LogP contribution in [0.3, 0.4) is 0 Å². The molecule has 0 radical (unpaired) electrons. The molecule has 1 aromatic heterocycles. The number of rotatable bonds is 3. The van der Waals surface area contributed by atoms with Gasteiger partial charge in [-0.2, -0.15) is 0 Å². The fourth-order valence-electron chi connectivity index (χ4n) is 2.02. The zero-order valence-electron chi connectivity index (χ0n) is 9.67. The summed E-state index contributed by atoms with van der Waals surface area (Å²) >= 11 is 0.878. The number of aliphatic hydroxyl groups excluding tert-OH is 1. The fraction of sp³-hybridized carbons (Fsp3) is 0.545. The van der Waals surface area contributed by atoms with Crippen molar-refractivity contribution in [3.63, 3.8) is 0 Å². The molecular formula is C11H14N2O4S. The topological polar surface area (TPSA) is 92.5 Å². The van der Waals surface area contributed by atoms with Crippen LogP contribution in [-0.4, -0.2) is 28.1 Å². The molecule has 18 heavy (non-hydrogen) atoms. The van der Waals surface area contributed by atoms with Crippen LogP contribution < -0.4 is 5.32 Å². The molecule has 1 heterocycles. The van der Waals surface area contributed by atoms with Crippen LogP contribution in [0.1, 0.15) is 35.4 Å². The minimum absolute atomic E-state index is 0.0285. The predicted octanol–water partition coefficient (Wildman–Crippen LogP) is 1.69. The Balaban J connectivity index is 1.93. The van der Waals surface area contributed by atoms with Gasteiger partial charge in [-0.25, -0.2) is 0 Å². The number of carbonyl (C=O) groups is 1. The van der Waals surface area contributed by atoms with Gasteiger partial charge in [0.2, 0.25) is 0 Å². The molecule has 98 valence electrons. The van der Waals surface area contributed by atoms with Crippen molar-refractivity contribution in [2.75, 3.05) is 0 Å². The van der Waals surface area contributed by atoms with E-state index in [1.807, 2.05) is 0 Å². The minimum Gasteiger partial charge on any atom is -0.393 e. The number of amides is 1. The van der Waals surface area contributed by atoms with E-state index in [0.717, 1.165) is 24.2 Å². The summed E-state index contributed by atoms with van der Waals surface area (Å²) in [5.74, 6) is -0.269. The third kappa shape index (κ3) is 3.05. The molecule has 1 aliphatic rings. The molecule has 7 heteroatoms. The summed E-state index contributed by atoms with van der Waals surface area (Å²) in [6.45, 7) is 0. The van der Waals surface area contributed by atoms with Gasteiger partial charge in [0.15, 0.2) is 0 Å². The van der Waals surface area contributed by atoms with Crippen LogP contribution in [0.5, 0.6) is 0 Å². The molecule has 6 nitrogen and oxygen atoms in total. The molecule has 0 aromatic carbocycles. The molecule has 1 aliphatic carbocycles. The summed E-state index contributed by atoms with van der Waals surface area (Å²) in [7, 11) is 0. The first-order valence-electron chi connectivity index (χ1n) is 5.79. The molecule has 0 atom stereocenters. The summed E-state index contributed by atoms with van der Waals surface area (Å²) in [4.78, 5) is 22.2. The van der Waals surface area contributed by atoms with E-state index in [4.69, 9.17) is 0 Å². The molecule has 0 unspecified atom stereocenters. The van der Waals surface area contributed by atoms with Gasteiger partial charge in [-0.15, -0.1) is 0 Å². The van der Waals surface area contributed by atoms with Gasteiger partial charge in [0.05, 0.1) is 15.9 Å². The molecule has 2 N–H and O–H groups in total. The minimum atomic E-state index is -0.502. The maximum absolute atomic E-state index is 11.8. The number of thiophene rings is 1. The largest absolute Gasteiger partial charge is 0.393 e. The summed E-state index contributed by atoms with van der Waals surface area (Å²) in [5, 5.41) is 22.7. The van der Waals surface area contributed by atoms with Gasteiger partial charge in [-0.1, -0.05) is 11.3 Å². The molecule has 0 bridgehead atoms. The number of nitrogens with zero attached hydrogens (tertiary/aromatic N) is 1. The van der Waals surface area contributed by atoms with Crippen LogP contribution in [0.25, 0.3) is 0 Å². The van der Waals surface area contributed by atoms with Crippen molar-refractivity contribution < 1.29 is 14.8 Å². The summed E-state index contributed by atoms with van der Waals surface area (Å²) in [5.41, 5.74) is 0. The molecule has 1 saturated carbocycles. The van der Waals surface area contributed by atoms with E-state index in [1.165, 1.54) is 12.1 Å². The van der Waals surface area contributed by atoms with Crippen molar-refractivity contribution >= 4 is 22.2 Å². The second-order valence-electron chi connectivity index (χ2n) is 4.37. The lowest BCUT2D eigenvalue weighted by atomic mass is 9.93. The van der Waals surface area contributed by atoms with Gasteiger partial charge in [0, 0.05) is 12.1 Å². The van der Waals surface area contributed by atoms with Crippen LogP contribution >= 0.6 is 11.3 Å². The highest BCUT2D eigenvalue weighted by Crippen LogP contribution is 2.25. The third-order valence-electron chi connectivity index (χ3n) is 3.03. The van der Waals surface area contributed by atoms with Gasteiger partial charge >= 0.3 is 5.00 Å². The number of nitro groups is 1. The highest BCUT2D eigenvalue weighted by atomic mass is 32.1. The fourth-order valence-corrected chi connectivity index (χ4v) is 2.75. The first-order chi connectivity index (χ1) is 8.56. The Kier molecular flexibility index (Phi) is 3.93. The van der Waals surface area contributed by atoms with E-state index >= 15 is 0 Å². The summed E-state index contributed by atoms with van der Waals surface area (Å²) < 4.78 is 0. The Morgan fingerprint density at radius 3 is 2.61 bits per heavy atom. The zero-order valence-corrected chi connectivity index (χ0v) is 10.5. The molecule has 1 fully saturated rings. The van der Waals surface area contributed by atoms with Gasteiger partial charge in [-0.3, -0.25) is 14.9 Å². The SMILES string of the molecule is O=C(NC1CCC(O)CC1)c1ccc([N+](=O)[O-])s1. The normalized spacial score (nSPS) is 23.6. The Morgan fingerprint density at radius 2 is 2.06 bits per heavy atom. The van der Waals surface area contributed by atoms with Crippen LogP contribution in [0, 0.1) is 10.1 Å². The number of carbonyl (C=O) groups excluding carboxylic acids is 1. The van der Waals surface area contributed by atoms with Gasteiger partial charge < -0.3 is 10.4 Å². The average Bonchev–Trinajstić information content (AvgIpc) is 2.81. The monoisotopic (exact) mass is 270 g/mol. The lowest BCUT2D eigenvalue weighted by Crippen LogP contribution is -2.38. The second kappa shape index (κ2) is 5.45. The Labute approximate surface area is 108 Å². The van der Waals surface area contributed by atoms with Gasteiger partial charge in [0.1, 0.15) is 0 Å². The Hall–Kier alpha value is -1.47. The molecule has 0 spiro atoms. The smallest absolute Gasteiger partial charge is 0.324 e. The van der Waals surface area contributed by atoms with Gasteiger partial charge in [-0.05, 0) is 31.7 Å². The quantitative estimate of drug-likeness (QED) is 0.645. The lowest BCUT2D eigenvalue weighted by molar-refractivity contribution is -0.380. The molecular weight excluding hydrogens is 256 g/mol. The second-order valence-corrected chi connectivity index (χ2v) is 5.44. The summed E-state index contributed by atoms with van der Waals surface area (Å²) in [6, 6.07) is 2.86. The Bertz CT molecular complexity index is 452.